The maximum Gasteiger partial charge on any atom is 0.265 e. The zero-order chi connectivity index (χ0) is 16.1. The Morgan fingerprint density at radius 2 is 1.95 bits per heavy atom. The van der Waals surface area contributed by atoms with Crippen LogP contribution < -0.4 is 10.1 Å². The van der Waals surface area contributed by atoms with Crippen molar-refractivity contribution in [3.63, 3.8) is 0 Å². The van der Waals surface area contributed by atoms with Crippen molar-refractivity contribution >= 4 is 45.8 Å². The van der Waals surface area contributed by atoms with Gasteiger partial charge in [-0.25, -0.2) is 0 Å². The molecule has 0 radical (unpaired) electrons. The minimum Gasteiger partial charge on any atom is -0.481 e. The lowest BCUT2D eigenvalue weighted by Gasteiger charge is -2.18. The third-order valence-electron chi connectivity index (χ3n) is 3.18. The van der Waals surface area contributed by atoms with E-state index in [4.69, 9.17) is 16.3 Å². The standard InChI is InChI=1S/C17H17ClINO2/c1-3-16(22-14-8-9-15(18)11(2)10-14)17(21)20-13-6-4-12(19)5-7-13/h4-10,16H,3H2,1-2H3,(H,20,21)/t16-/m0/s1. The molecule has 0 aliphatic carbocycles. The summed E-state index contributed by atoms with van der Waals surface area (Å²) in [6.45, 7) is 3.82. The van der Waals surface area contributed by atoms with Crippen molar-refractivity contribution in [2.45, 2.75) is 26.4 Å². The highest BCUT2D eigenvalue weighted by Gasteiger charge is 2.18. The predicted octanol–water partition coefficient (Wildman–Crippen LogP) is 5.05. The number of carbonyl (C=O) groups is 1. The second-order valence-electron chi connectivity index (χ2n) is 4.92. The molecule has 0 bridgehead atoms. The normalized spacial score (nSPS) is 11.8. The number of ether oxygens (including phenoxy) is 1. The van der Waals surface area contributed by atoms with Crippen molar-refractivity contribution in [2.24, 2.45) is 0 Å². The molecule has 0 fully saturated rings. The number of rotatable bonds is 5. The molecule has 0 aliphatic heterocycles. The first-order valence-corrected chi connectivity index (χ1v) is 8.44. The summed E-state index contributed by atoms with van der Waals surface area (Å²) in [7, 11) is 0. The van der Waals surface area contributed by atoms with Gasteiger partial charge in [-0.1, -0.05) is 18.5 Å². The van der Waals surface area contributed by atoms with Crippen molar-refractivity contribution < 1.29 is 9.53 Å². The maximum atomic E-state index is 12.3. The molecular weight excluding hydrogens is 413 g/mol. The first-order chi connectivity index (χ1) is 10.5. The second kappa shape index (κ2) is 7.83. The molecule has 0 aromatic heterocycles. The summed E-state index contributed by atoms with van der Waals surface area (Å²) in [6.07, 6.45) is 0.0394. The Morgan fingerprint density at radius 1 is 1.27 bits per heavy atom. The largest absolute Gasteiger partial charge is 0.481 e. The van der Waals surface area contributed by atoms with Crippen LogP contribution in [-0.4, -0.2) is 12.0 Å². The van der Waals surface area contributed by atoms with Gasteiger partial charge in [-0.3, -0.25) is 4.79 Å². The van der Waals surface area contributed by atoms with Crippen LogP contribution in [0, 0.1) is 10.5 Å². The number of hydrogen-bond donors (Lipinski definition) is 1. The molecule has 2 aromatic rings. The minimum atomic E-state index is -0.542. The monoisotopic (exact) mass is 429 g/mol. The van der Waals surface area contributed by atoms with E-state index in [2.05, 4.69) is 27.9 Å². The van der Waals surface area contributed by atoms with Gasteiger partial charge >= 0.3 is 0 Å². The highest BCUT2D eigenvalue weighted by molar-refractivity contribution is 14.1. The van der Waals surface area contributed by atoms with E-state index in [9.17, 15) is 4.79 Å². The first-order valence-electron chi connectivity index (χ1n) is 6.99. The Labute approximate surface area is 149 Å². The van der Waals surface area contributed by atoms with E-state index in [0.717, 1.165) is 14.8 Å². The zero-order valence-corrected chi connectivity index (χ0v) is 15.3. The molecular formula is C17H17ClINO2. The topological polar surface area (TPSA) is 38.3 Å². The van der Waals surface area contributed by atoms with Gasteiger partial charge in [0.15, 0.2) is 6.10 Å². The maximum absolute atomic E-state index is 12.3. The van der Waals surface area contributed by atoms with E-state index in [1.807, 2.05) is 44.2 Å². The molecule has 1 N–H and O–H groups in total. The van der Waals surface area contributed by atoms with Gasteiger partial charge in [0.05, 0.1) is 0 Å². The lowest BCUT2D eigenvalue weighted by Crippen LogP contribution is -2.32. The smallest absolute Gasteiger partial charge is 0.265 e. The number of amides is 1. The van der Waals surface area contributed by atoms with E-state index in [1.54, 1.807) is 12.1 Å². The quantitative estimate of drug-likeness (QED) is 0.676. The fourth-order valence-electron chi connectivity index (χ4n) is 1.93. The molecule has 1 atom stereocenters. The third kappa shape index (κ3) is 4.61. The zero-order valence-electron chi connectivity index (χ0n) is 12.4. The SMILES string of the molecule is CC[C@H](Oc1ccc(Cl)c(C)c1)C(=O)Nc1ccc(I)cc1. The van der Waals surface area contributed by atoms with Gasteiger partial charge in [0, 0.05) is 14.3 Å². The molecule has 22 heavy (non-hydrogen) atoms. The molecule has 0 spiro atoms. The van der Waals surface area contributed by atoms with Crippen LogP contribution in [0.15, 0.2) is 42.5 Å². The molecule has 0 saturated heterocycles. The van der Waals surface area contributed by atoms with Crippen LogP contribution in [0.4, 0.5) is 5.69 Å². The Hall–Kier alpha value is -1.27. The molecule has 0 saturated carbocycles. The van der Waals surface area contributed by atoms with Gasteiger partial charge in [-0.05, 0) is 84.0 Å². The molecule has 2 aromatic carbocycles. The van der Waals surface area contributed by atoms with Crippen LogP contribution in [0.2, 0.25) is 5.02 Å². The average molecular weight is 430 g/mol. The molecule has 0 aliphatic rings. The summed E-state index contributed by atoms with van der Waals surface area (Å²) in [6, 6.07) is 13.0. The summed E-state index contributed by atoms with van der Waals surface area (Å²) in [5.41, 5.74) is 1.69. The average Bonchev–Trinajstić information content (AvgIpc) is 2.50. The molecule has 1 amide bonds. The van der Waals surface area contributed by atoms with Crippen molar-refractivity contribution in [2.75, 3.05) is 5.32 Å². The second-order valence-corrected chi connectivity index (χ2v) is 6.57. The molecule has 2 rings (SSSR count). The van der Waals surface area contributed by atoms with E-state index in [-0.39, 0.29) is 5.91 Å². The van der Waals surface area contributed by atoms with Crippen LogP contribution in [0.3, 0.4) is 0 Å². The van der Waals surface area contributed by atoms with Gasteiger partial charge in [-0.15, -0.1) is 0 Å². The Bertz CT molecular complexity index is 658. The Balaban J connectivity index is 2.05. The molecule has 3 nitrogen and oxygen atoms in total. The lowest BCUT2D eigenvalue weighted by molar-refractivity contribution is -0.122. The summed E-state index contributed by atoms with van der Waals surface area (Å²) in [5.74, 6) is 0.489. The number of benzene rings is 2. The van der Waals surface area contributed by atoms with Gasteiger partial charge in [0.1, 0.15) is 5.75 Å². The van der Waals surface area contributed by atoms with Crippen LogP contribution in [0.25, 0.3) is 0 Å². The van der Waals surface area contributed by atoms with E-state index < -0.39 is 6.10 Å². The summed E-state index contributed by atoms with van der Waals surface area (Å²) in [5, 5.41) is 3.56. The highest BCUT2D eigenvalue weighted by Crippen LogP contribution is 2.22. The van der Waals surface area contributed by atoms with Gasteiger partial charge in [0.2, 0.25) is 0 Å². The molecule has 0 heterocycles. The van der Waals surface area contributed by atoms with Crippen LogP contribution in [-0.2, 0) is 4.79 Å². The number of halogens is 2. The van der Waals surface area contributed by atoms with Crippen LogP contribution in [0.1, 0.15) is 18.9 Å². The van der Waals surface area contributed by atoms with Crippen molar-refractivity contribution in [3.05, 3.63) is 56.6 Å². The predicted molar refractivity (Wildman–Crippen MR) is 98.7 cm³/mol. The van der Waals surface area contributed by atoms with Crippen LogP contribution in [0.5, 0.6) is 5.75 Å². The van der Waals surface area contributed by atoms with Crippen molar-refractivity contribution in [3.8, 4) is 5.75 Å². The van der Waals surface area contributed by atoms with Gasteiger partial charge in [-0.2, -0.15) is 0 Å². The highest BCUT2D eigenvalue weighted by atomic mass is 127. The van der Waals surface area contributed by atoms with Crippen LogP contribution >= 0.6 is 34.2 Å². The summed E-state index contributed by atoms with van der Waals surface area (Å²) < 4.78 is 6.91. The fraction of sp³-hybridized carbons (Fsp3) is 0.235. The fourth-order valence-corrected chi connectivity index (χ4v) is 2.41. The summed E-state index contributed by atoms with van der Waals surface area (Å²) in [4.78, 5) is 12.3. The summed E-state index contributed by atoms with van der Waals surface area (Å²) >= 11 is 8.22. The third-order valence-corrected chi connectivity index (χ3v) is 4.33. The molecule has 5 heteroatoms. The molecule has 0 unspecified atom stereocenters. The minimum absolute atomic E-state index is 0.156. The number of anilines is 1. The first kappa shape index (κ1) is 17.1. The Morgan fingerprint density at radius 3 is 2.55 bits per heavy atom. The number of hydrogen-bond acceptors (Lipinski definition) is 2. The number of carbonyl (C=O) groups excluding carboxylic acids is 1. The number of nitrogens with one attached hydrogen (secondary N) is 1. The van der Waals surface area contributed by atoms with Gasteiger partial charge < -0.3 is 10.1 Å². The van der Waals surface area contributed by atoms with E-state index >= 15 is 0 Å². The molecule has 116 valence electrons. The lowest BCUT2D eigenvalue weighted by atomic mass is 10.2. The van der Waals surface area contributed by atoms with E-state index in [0.29, 0.717) is 17.2 Å². The van der Waals surface area contributed by atoms with Gasteiger partial charge in [0.25, 0.3) is 5.91 Å². The number of aryl methyl sites for hydroxylation is 1. The Kier molecular flexibility index (Phi) is 6.08. The van der Waals surface area contributed by atoms with Crippen molar-refractivity contribution in [1.29, 1.82) is 0 Å². The van der Waals surface area contributed by atoms with E-state index in [1.165, 1.54) is 0 Å². The van der Waals surface area contributed by atoms with Crippen molar-refractivity contribution in [1.82, 2.24) is 0 Å².